The first kappa shape index (κ1) is 18.7. The molecule has 5 heteroatoms. The van der Waals surface area contributed by atoms with Gasteiger partial charge in [0.1, 0.15) is 0 Å². The molecule has 2 aromatic rings. The number of hydrogen-bond donors (Lipinski definition) is 0. The molecule has 1 aromatic heterocycles. The monoisotopic (exact) mass is 384 g/mol. The number of rotatable bonds is 5. The summed E-state index contributed by atoms with van der Waals surface area (Å²) in [5.74, 6) is 0.771. The second kappa shape index (κ2) is 8.13. The molecule has 4 nitrogen and oxygen atoms in total. The van der Waals surface area contributed by atoms with Crippen molar-refractivity contribution in [2.45, 2.75) is 25.8 Å². The number of nitrogens with zero attached hydrogens (tertiary/aromatic N) is 2. The van der Waals surface area contributed by atoms with Gasteiger partial charge in [-0.25, -0.2) is 0 Å². The highest BCUT2D eigenvalue weighted by Gasteiger charge is 2.37. The average Bonchev–Trinajstić information content (AvgIpc) is 2.87. The lowest BCUT2D eigenvalue weighted by atomic mass is 9.95. The van der Waals surface area contributed by atoms with E-state index in [1.807, 2.05) is 18.2 Å². The van der Waals surface area contributed by atoms with Gasteiger partial charge in [0.2, 0.25) is 0 Å². The average molecular weight is 385 g/mol. The van der Waals surface area contributed by atoms with E-state index in [1.165, 1.54) is 17.7 Å². The zero-order valence-corrected chi connectivity index (χ0v) is 17.0. The van der Waals surface area contributed by atoms with Gasteiger partial charge in [-0.15, -0.1) is 11.3 Å². The number of aryl methyl sites for hydroxylation is 1. The van der Waals surface area contributed by atoms with Crippen molar-refractivity contribution in [2.75, 3.05) is 39.9 Å². The molecule has 0 aliphatic carbocycles. The minimum absolute atomic E-state index is 0.198. The van der Waals surface area contributed by atoms with E-state index in [1.54, 1.807) is 18.4 Å². The SMILES string of the molecule is COCCN1C[C@@H]2CC[C@H]1CN(C(=O)c1csc(C)c1-c1ccccc1)C2. The molecule has 0 radical (unpaired) electrons. The highest BCUT2D eigenvalue weighted by atomic mass is 32.1. The van der Waals surface area contributed by atoms with Crippen LogP contribution in [0.5, 0.6) is 0 Å². The highest BCUT2D eigenvalue weighted by molar-refractivity contribution is 7.10. The summed E-state index contributed by atoms with van der Waals surface area (Å²) >= 11 is 1.68. The fourth-order valence-electron chi connectivity index (χ4n) is 4.57. The number of fused-ring (bicyclic) bond motifs is 4. The van der Waals surface area contributed by atoms with Crippen molar-refractivity contribution in [3.63, 3.8) is 0 Å². The van der Waals surface area contributed by atoms with Crippen molar-refractivity contribution in [3.8, 4) is 11.1 Å². The molecular formula is C22H28N2O2S. The van der Waals surface area contributed by atoms with Gasteiger partial charge in [0, 0.05) is 55.2 Å². The van der Waals surface area contributed by atoms with Gasteiger partial charge in [-0.05, 0) is 31.2 Å². The fourth-order valence-corrected chi connectivity index (χ4v) is 5.43. The Morgan fingerprint density at radius 1 is 1.19 bits per heavy atom. The number of ether oxygens (including phenoxy) is 1. The van der Waals surface area contributed by atoms with Crippen LogP contribution in [0.4, 0.5) is 0 Å². The Balaban J connectivity index is 1.58. The molecule has 27 heavy (non-hydrogen) atoms. The Morgan fingerprint density at radius 3 is 2.78 bits per heavy atom. The molecule has 2 bridgehead atoms. The van der Waals surface area contributed by atoms with Gasteiger partial charge in [0.05, 0.1) is 12.2 Å². The molecule has 5 rings (SSSR count). The summed E-state index contributed by atoms with van der Waals surface area (Å²) < 4.78 is 5.28. The third-order valence-corrected chi connectivity index (χ3v) is 6.88. The molecule has 4 heterocycles. The normalized spacial score (nSPS) is 22.8. The maximum absolute atomic E-state index is 13.5. The molecule has 0 unspecified atom stereocenters. The van der Waals surface area contributed by atoms with Crippen LogP contribution in [0.25, 0.3) is 11.1 Å². The van der Waals surface area contributed by atoms with Crippen LogP contribution in [0.3, 0.4) is 0 Å². The summed E-state index contributed by atoms with van der Waals surface area (Å²) in [7, 11) is 1.76. The molecule has 3 aliphatic heterocycles. The molecule has 2 atom stereocenters. The summed E-state index contributed by atoms with van der Waals surface area (Å²) in [4.78, 5) is 19.3. The zero-order valence-electron chi connectivity index (χ0n) is 16.2. The minimum Gasteiger partial charge on any atom is -0.383 e. The largest absolute Gasteiger partial charge is 0.383 e. The first-order valence-electron chi connectivity index (χ1n) is 9.83. The van der Waals surface area contributed by atoms with Crippen molar-refractivity contribution in [1.29, 1.82) is 0 Å². The van der Waals surface area contributed by atoms with Gasteiger partial charge in [0.15, 0.2) is 0 Å². The number of amides is 1. The van der Waals surface area contributed by atoms with Crippen molar-refractivity contribution in [2.24, 2.45) is 5.92 Å². The molecule has 1 aromatic carbocycles. The van der Waals surface area contributed by atoms with Crippen molar-refractivity contribution < 1.29 is 9.53 Å². The first-order valence-corrected chi connectivity index (χ1v) is 10.7. The van der Waals surface area contributed by atoms with Gasteiger partial charge in [-0.2, -0.15) is 0 Å². The molecule has 1 amide bonds. The predicted octanol–water partition coefficient (Wildman–Crippen LogP) is 3.91. The number of thiophene rings is 1. The van der Waals surface area contributed by atoms with E-state index in [0.717, 1.165) is 49.5 Å². The molecule has 3 saturated heterocycles. The molecule has 0 N–H and O–H groups in total. The number of methoxy groups -OCH3 is 1. The van der Waals surface area contributed by atoms with E-state index in [9.17, 15) is 4.79 Å². The quantitative estimate of drug-likeness (QED) is 0.784. The maximum atomic E-state index is 13.5. The summed E-state index contributed by atoms with van der Waals surface area (Å²) in [6.45, 7) is 6.64. The van der Waals surface area contributed by atoms with Crippen LogP contribution in [0.15, 0.2) is 35.7 Å². The van der Waals surface area contributed by atoms with Crippen molar-refractivity contribution >= 4 is 17.2 Å². The van der Waals surface area contributed by atoms with Crippen LogP contribution >= 0.6 is 11.3 Å². The van der Waals surface area contributed by atoms with Gasteiger partial charge >= 0.3 is 0 Å². The van der Waals surface area contributed by atoms with Crippen LogP contribution < -0.4 is 0 Å². The lowest BCUT2D eigenvalue weighted by molar-refractivity contribution is 0.0719. The van der Waals surface area contributed by atoms with Gasteiger partial charge in [-0.1, -0.05) is 30.3 Å². The van der Waals surface area contributed by atoms with Crippen molar-refractivity contribution in [3.05, 3.63) is 46.2 Å². The van der Waals surface area contributed by atoms with Crippen LogP contribution in [-0.2, 0) is 4.74 Å². The van der Waals surface area contributed by atoms with Crippen LogP contribution in [-0.4, -0.2) is 61.6 Å². The number of carbonyl (C=O) groups excluding carboxylic acids is 1. The Hall–Kier alpha value is -1.69. The van der Waals surface area contributed by atoms with Gasteiger partial charge in [-0.3, -0.25) is 9.69 Å². The Kier molecular flexibility index (Phi) is 5.62. The van der Waals surface area contributed by atoms with Crippen LogP contribution in [0.1, 0.15) is 28.1 Å². The Labute approximate surface area is 165 Å². The summed E-state index contributed by atoms with van der Waals surface area (Å²) in [5, 5.41) is 2.05. The second-order valence-corrected chi connectivity index (χ2v) is 8.83. The summed E-state index contributed by atoms with van der Waals surface area (Å²) in [5.41, 5.74) is 3.12. The van der Waals surface area contributed by atoms with E-state index < -0.39 is 0 Å². The smallest absolute Gasteiger partial charge is 0.255 e. The number of benzene rings is 1. The Morgan fingerprint density at radius 2 is 2.00 bits per heavy atom. The van der Waals surface area contributed by atoms with E-state index in [4.69, 9.17) is 4.74 Å². The van der Waals surface area contributed by atoms with Crippen molar-refractivity contribution in [1.82, 2.24) is 9.80 Å². The maximum Gasteiger partial charge on any atom is 0.255 e. The third kappa shape index (κ3) is 3.82. The predicted molar refractivity (Wildman–Crippen MR) is 110 cm³/mol. The lowest BCUT2D eigenvalue weighted by Crippen LogP contribution is -2.45. The van der Waals surface area contributed by atoms with E-state index in [0.29, 0.717) is 12.0 Å². The third-order valence-electron chi connectivity index (χ3n) is 5.96. The lowest BCUT2D eigenvalue weighted by Gasteiger charge is -2.35. The minimum atomic E-state index is 0.198. The number of hydrogen-bond acceptors (Lipinski definition) is 4. The van der Waals surface area contributed by atoms with E-state index >= 15 is 0 Å². The van der Waals surface area contributed by atoms with E-state index in [2.05, 4.69) is 34.2 Å². The second-order valence-electron chi connectivity index (χ2n) is 7.74. The molecule has 3 aliphatic rings. The van der Waals surface area contributed by atoms with Crippen LogP contribution in [0, 0.1) is 12.8 Å². The van der Waals surface area contributed by atoms with Gasteiger partial charge in [0.25, 0.3) is 5.91 Å². The standard InChI is InChI=1S/C22H28N2O2S/c1-16-21(18-6-4-3-5-7-18)20(15-27-16)22(25)24-13-17-8-9-19(14-24)23(12-17)10-11-26-2/h3-7,15,17,19H,8-14H2,1-2H3/t17-,19-/m0/s1. The summed E-state index contributed by atoms with van der Waals surface area (Å²) in [6, 6.07) is 10.8. The number of carbonyl (C=O) groups is 1. The molecule has 3 fully saturated rings. The molecule has 144 valence electrons. The van der Waals surface area contributed by atoms with Crippen LogP contribution in [0.2, 0.25) is 0 Å². The molecule has 0 spiro atoms. The molecule has 0 saturated carbocycles. The first-order chi connectivity index (χ1) is 13.2. The highest BCUT2D eigenvalue weighted by Crippen LogP contribution is 2.35. The molecular weight excluding hydrogens is 356 g/mol. The zero-order chi connectivity index (χ0) is 18.8. The summed E-state index contributed by atoms with van der Waals surface area (Å²) in [6.07, 6.45) is 2.42. The number of piperidine rings is 1. The van der Waals surface area contributed by atoms with E-state index in [-0.39, 0.29) is 5.91 Å². The fraction of sp³-hybridized carbons (Fsp3) is 0.500. The Bertz CT molecular complexity index is 789. The topological polar surface area (TPSA) is 32.8 Å². The van der Waals surface area contributed by atoms with Gasteiger partial charge < -0.3 is 9.64 Å².